The minimum atomic E-state index is 0.793. The Morgan fingerprint density at radius 3 is 1.47 bits per heavy atom. The summed E-state index contributed by atoms with van der Waals surface area (Å²) in [4.78, 5) is 0. The van der Waals surface area contributed by atoms with Gasteiger partial charge in [-0.25, -0.2) is 0 Å². The maximum absolute atomic E-state index is 5.43. The first-order valence-corrected chi connectivity index (χ1v) is 8.24. The molecule has 0 aliphatic carbocycles. The molecule has 0 radical (unpaired) electrons. The minimum absolute atomic E-state index is 0.793. The lowest BCUT2D eigenvalue weighted by atomic mass is 10.2. The van der Waals surface area contributed by atoms with Crippen molar-refractivity contribution in [3.05, 3.63) is 0 Å². The predicted molar refractivity (Wildman–Crippen MR) is 85.7 cm³/mol. The zero-order valence-corrected chi connectivity index (χ0v) is 13.0. The molecule has 19 heavy (non-hydrogen) atoms. The zero-order chi connectivity index (χ0) is 14.0. The van der Waals surface area contributed by atoms with Crippen molar-refractivity contribution in [1.82, 2.24) is 16.0 Å². The third-order valence-electron chi connectivity index (χ3n) is 3.18. The molecular formula is C15H36N4. The molecule has 0 saturated heterocycles. The van der Waals surface area contributed by atoms with Crippen molar-refractivity contribution in [2.24, 2.45) is 5.73 Å². The van der Waals surface area contributed by atoms with Crippen molar-refractivity contribution < 1.29 is 0 Å². The first-order chi connectivity index (χ1) is 9.41. The number of unbranched alkanes of at least 4 members (excludes halogenated alkanes) is 3. The SMILES string of the molecule is CCCCCNCCCNCCCCNCCCN. The van der Waals surface area contributed by atoms with Gasteiger partial charge < -0.3 is 21.7 Å². The van der Waals surface area contributed by atoms with Gasteiger partial charge in [0, 0.05) is 0 Å². The van der Waals surface area contributed by atoms with Crippen molar-refractivity contribution in [1.29, 1.82) is 0 Å². The number of nitrogens with one attached hydrogen (secondary N) is 3. The third kappa shape index (κ3) is 17.8. The van der Waals surface area contributed by atoms with E-state index in [0.29, 0.717) is 0 Å². The molecule has 116 valence electrons. The summed E-state index contributed by atoms with van der Waals surface area (Å²) in [7, 11) is 0. The first kappa shape index (κ1) is 18.8. The Bertz CT molecular complexity index is 137. The lowest BCUT2D eigenvalue weighted by Gasteiger charge is -2.07. The smallest absolute Gasteiger partial charge is 0.00368 e. The van der Waals surface area contributed by atoms with Crippen LogP contribution in [-0.2, 0) is 0 Å². The quantitative estimate of drug-likeness (QED) is 0.321. The fourth-order valence-electron chi connectivity index (χ4n) is 1.94. The van der Waals surface area contributed by atoms with E-state index in [1.165, 1.54) is 45.1 Å². The molecule has 4 nitrogen and oxygen atoms in total. The average Bonchev–Trinajstić information content (AvgIpc) is 2.43. The van der Waals surface area contributed by atoms with E-state index in [-0.39, 0.29) is 0 Å². The first-order valence-electron chi connectivity index (χ1n) is 8.24. The van der Waals surface area contributed by atoms with E-state index >= 15 is 0 Å². The summed E-state index contributed by atoms with van der Waals surface area (Å²) in [6.45, 7) is 9.85. The van der Waals surface area contributed by atoms with Gasteiger partial charge in [-0.3, -0.25) is 0 Å². The highest BCUT2D eigenvalue weighted by atomic mass is 14.9. The molecule has 5 N–H and O–H groups in total. The van der Waals surface area contributed by atoms with Crippen LogP contribution in [0.25, 0.3) is 0 Å². The van der Waals surface area contributed by atoms with Crippen LogP contribution in [0.2, 0.25) is 0 Å². The molecule has 0 heterocycles. The van der Waals surface area contributed by atoms with Crippen LogP contribution in [0.4, 0.5) is 0 Å². The van der Waals surface area contributed by atoms with E-state index in [4.69, 9.17) is 5.73 Å². The van der Waals surface area contributed by atoms with E-state index in [2.05, 4.69) is 22.9 Å². The number of hydrogen-bond acceptors (Lipinski definition) is 4. The topological polar surface area (TPSA) is 62.1 Å². The highest BCUT2D eigenvalue weighted by Crippen LogP contribution is 1.91. The maximum Gasteiger partial charge on any atom is -0.00368 e. The molecule has 0 amide bonds. The molecule has 0 saturated carbocycles. The second-order valence-corrected chi connectivity index (χ2v) is 5.16. The van der Waals surface area contributed by atoms with Gasteiger partial charge in [0.15, 0.2) is 0 Å². The molecule has 4 heteroatoms. The van der Waals surface area contributed by atoms with Gasteiger partial charge in [0.2, 0.25) is 0 Å². The van der Waals surface area contributed by atoms with Crippen LogP contribution < -0.4 is 21.7 Å². The van der Waals surface area contributed by atoms with Crippen LogP contribution in [0.3, 0.4) is 0 Å². The van der Waals surface area contributed by atoms with Crippen LogP contribution in [-0.4, -0.2) is 45.8 Å². The van der Waals surface area contributed by atoms with Crippen molar-refractivity contribution in [2.45, 2.75) is 51.9 Å². The summed E-state index contributed by atoms with van der Waals surface area (Å²) in [6, 6.07) is 0. The molecule has 0 fully saturated rings. The molecule has 0 bridgehead atoms. The Morgan fingerprint density at radius 1 is 0.579 bits per heavy atom. The highest BCUT2D eigenvalue weighted by molar-refractivity contribution is 4.54. The number of hydrogen-bond donors (Lipinski definition) is 4. The molecule has 0 aromatic carbocycles. The van der Waals surface area contributed by atoms with E-state index < -0.39 is 0 Å². The summed E-state index contributed by atoms with van der Waals surface area (Å²) in [5, 5.41) is 10.4. The van der Waals surface area contributed by atoms with Crippen LogP contribution in [0.5, 0.6) is 0 Å². The highest BCUT2D eigenvalue weighted by Gasteiger charge is 1.91. The van der Waals surface area contributed by atoms with Gasteiger partial charge in [0.05, 0.1) is 0 Å². The third-order valence-corrected chi connectivity index (χ3v) is 3.18. The van der Waals surface area contributed by atoms with Crippen LogP contribution in [0, 0.1) is 0 Å². The second kappa shape index (κ2) is 17.8. The summed E-state index contributed by atoms with van der Waals surface area (Å²) in [6.07, 6.45) is 8.83. The van der Waals surface area contributed by atoms with Crippen LogP contribution in [0.15, 0.2) is 0 Å². The van der Waals surface area contributed by atoms with E-state index in [0.717, 1.165) is 45.7 Å². The Balaban J connectivity index is 2.88. The molecule has 0 spiro atoms. The normalized spacial score (nSPS) is 11.1. The lowest BCUT2D eigenvalue weighted by molar-refractivity contribution is 0.549. The predicted octanol–water partition coefficient (Wildman–Crippen LogP) is 1.46. The van der Waals surface area contributed by atoms with Crippen LogP contribution in [0.1, 0.15) is 51.9 Å². The molecule has 0 aromatic rings. The Morgan fingerprint density at radius 2 is 1.00 bits per heavy atom. The fourth-order valence-corrected chi connectivity index (χ4v) is 1.94. The molecular weight excluding hydrogens is 236 g/mol. The zero-order valence-electron chi connectivity index (χ0n) is 13.0. The monoisotopic (exact) mass is 272 g/mol. The fraction of sp³-hybridized carbons (Fsp3) is 1.00. The standard InChI is InChI=1S/C15H36N4/c1-2-3-4-10-18-14-8-15-19-12-6-5-11-17-13-7-9-16/h17-19H,2-16H2,1H3. The molecule has 0 aliphatic heterocycles. The Hall–Kier alpha value is -0.160. The Labute approximate surface area is 120 Å². The van der Waals surface area contributed by atoms with Gasteiger partial charge in [-0.05, 0) is 77.9 Å². The molecule has 0 rings (SSSR count). The molecule has 0 atom stereocenters. The maximum atomic E-state index is 5.43. The lowest BCUT2D eigenvalue weighted by Crippen LogP contribution is -2.24. The van der Waals surface area contributed by atoms with Gasteiger partial charge in [0.1, 0.15) is 0 Å². The summed E-state index contributed by atoms with van der Waals surface area (Å²) in [5.41, 5.74) is 5.43. The van der Waals surface area contributed by atoms with Gasteiger partial charge in [-0.15, -0.1) is 0 Å². The van der Waals surface area contributed by atoms with Crippen molar-refractivity contribution in [3.8, 4) is 0 Å². The van der Waals surface area contributed by atoms with Crippen molar-refractivity contribution in [3.63, 3.8) is 0 Å². The van der Waals surface area contributed by atoms with Gasteiger partial charge in [-0.2, -0.15) is 0 Å². The number of rotatable bonds is 16. The van der Waals surface area contributed by atoms with Gasteiger partial charge >= 0.3 is 0 Å². The average molecular weight is 272 g/mol. The summed E-state index contributed by atoms with van der Waals surface area (Å²) >= 11 is 0. The second-order valence-electron chi connectivity index (χ2n) is 5.16. The van der Waals surface area contributed by atoms with E-state index in [1.807, 2.05) is 0 Å². The molecule has 0 aromatic heterocycles. The van der Waals surface area contributed by atoms with Gasteiger partial charge in [-0.1, -0.05) is 19.8 Å². The van der Waals surface area contributed by atoms with E-state index in [9.17, 15) is 0 Å². The van der Waals surface area contributed by atoms with Crippen molar-refractivity contribution >= 4 is 0 Å². The van der Waals surface area contributed by atoms with Crippen LogP contribution >= 0.6 is 0 Å². The van der Waals surface area contributed by atoms with Crippen molar-refractivity contribution in [2.75, 3.05) is 45.8 Å². The largest absolute Gasteiger partial charge is 0.330 e. The Kier molecular flexibility index (Phi) is 17.7. The molecule has 0 unspecified atom stereocenters. The summed E-state index contributed by atoms with van der Waals surface area (Å²) < 4.78 is 0. The molecule has 0 aliphatic rings. The number of nitrogens with two attached hydrogens (primary N) is 1. The van der Waals surface area contributed by atoms with Gasteiger partial charge in [0.25, 0.3) is 0 Å². The summed E-state index contributed by atoms with van der Waals surface area (Å²) in [5.74, 6) is 0. The minimum Gasteiger partial charge on any atom is -0.330 e. The van der Waals surface area contributed by atoms with E-state index in [1.54, 1.807) is 0 Å².